The van der Waals surface area contributed by atoms with Crippen LogP contribution in [0.25, 0.3) is 11.0 Å². The van der Waals surface area contributed by atoms with Crippen molar-refractivity contribution in [2.75, 3.05) is 11.0 Å². The molecule has 0 fully saturated rings. The number of hydrogen-bond acceptors (Lipinski definition) is 4. The maximum absolute atomic E-state index is 12.5. The van der Waals surface area contributed by atoms with Gasteiger partial charge < -0.3 is 9.73 Å². The Morgan fingerprint density at radius 1 is 1.08 bits per heavy atom. The van der Waals surface area contributed by atoms with Crippen LogP contribution in [0.3, 0.4) is 0 Å². The highest BCUT2D eigenvalue weighted by molar-refractivity contribution is 7.92. The fraction of sp³-hybridized carbons (Fsp3) is 0.211. The van der Waals surface area contributed by atoms with Gasteiger partial charge in [-0.15, -0.1) is 0 Å². The molecule has 6 nitrogen and oxygen atoms in total. The molecule has 0 spiro atoms. The third kappa shape index (κ3) is 3.88. The number of hydrogen-bond donors (Lipinski definition) is 2. The van der Waals surface area contributed by atoms with Crippen LogP contribution >= 0.6 is 0 Å². The molecule has 1 heterocycles. The zero-order valence-corrected chi connectivity index (χ0v) is 15.6. The van der Waals surface area contributed by atoms with Crippen molar-refractivity contribution < 1.29 is 17.6 Å². The van der Waals surface area contributed by atoms with Crippen LogP contribution in [0.5, 0.6) is 0 Å². The molecule has 1 amide bonds. The highest BCUT2D eigenvalue weighted by Gasteiger charge is 2.19. The molecule has 0 bridgehead atoms. The lowest BCUT2D eigenvalue weighted by Gasteiger charge is -2.13. The highest BCUT2D eigenvalue weighted by atomic mass is 32.2. The molecule has 1 aromatic heterocycles. The number of para-hydroxylation sites is 1. The summed E-state index contributed by atoms with van der Waals surface area (Å²) in [6.45, 7) is 3.83. The third-order valence-corrected chi connectivity index (χ3v) is 4.68. The normalized spacial score (nSPS) is 12.7. The number of amides is 1. The van der Waals surface area contributed by atoms with Crippen molar-refractivity contribution >= 4 is 32.6 Å². The van der Waals surface area contributed by atoms with Crippen LogP contribution in [0.4, 0.5) is 5.69 Å². The lowest BCUT2D eigenvalue weighted by atomic mass is 10.1. The molecule has 2 aromatic carbocycles. The van der Waals surface area contributed by atoms with Gasteiger partial charge in [-0.05, 0) is 44.2 Å². The fourth-order valence-electron chi connectivity index (χ4n) is 2.86. The van der Waals surface area contributed by atoms with Gasteiger partial charge in [-0.2, -0.15) is 0 Å². The maximum atomic E-state index is 12.5. The van der Waals surface area contributed by atoms with E-state index in [9.17, 15) is 13.2 Å². The monoisotopic (exact) mass is 372 g/mol. The summed E-state index contributed by atoms with van der Waals surface area (Å²) in [5.41, 5.74) is 2.63. The minimum absolute atomic E-state index is 0.261. The zero-order chi connectivity index (χ0) is 18.9. The first-order valence-electron chi connectivity index (χ1n) is 8.11. The van der Waals surface area contributed by atoms with E-state index in [0.717, 1.165) is 28.5 Å². The molecule has 3 rings (SSSR count). The van der Waals surface area contributed by atoms with Crippen molar-refractivity contribution in [3.63, 3.8) is 0 Å². The summed E-state index contributed by atoms with van der Waals surface area (Å²) < 4.78 is 30.7. The van der Waals surface area contributed by atoms with E-state index in [1.165, 1.54) is 0 Å². The van der Waals surface area contributed by atoms with E-state index < -0.39 is 10.0 Å². The summed E-state index contributed by atoms with van der Waals surface area (Å²) >= 11 is 0. The van der Waals surface area contributed by atoms with Gasteiger partial charge in [0, 0.05) is 22.2 Å². The number of carbonyl (C=O) groups excluding carboxylic acids is 1. The van der Waals surface area contributed by atoms with Gasteiger partial charge >= 0.3 is 0 Å². The van der Waals surface area contributed by atoms with E-state index in [-0.39, 0.29) is 11.9 Å². The molecule has 0 radical (unpaired) electrons. The number of aryl methyl sites for hydroxylation is 1. The second kappa shape index (κ2) is 6.84. The topological polar surface area (TPSA) is 88.4 Å². The molecule has 0 unspecified atom stereocenters. The van der Waals surface area contributed by atoms with Crippen LogP contribution in [0.1, 0.15) is 34.6 Å². The summed E-state index contributed by atoms with van der Waals surface area (Å²) in [4.78, 5) is 12.5. The number of fused-ring (bicyclic) bond motifs is 1. The molecule has 0 aliphatic rings. The van der Waals surface area contributed by atoms with E-state index in [0.29, 0.717) is 11.3 Å². The molecule has 0 saturated heterocycles. The van der Waals surface area contributed by atoms with Gasteiger partial charge in [-0.25, -0.2) is 8.42 Å². The number of benzene rings is 2. The van der Waals surface area contributed by atoms with Gasteiger partial charge in [0.15, 0.2) is 0 Å². The Morgan fingerprint density at radius 3 is 2.35 bits per heavy atom. The van der Waals surface area contributed by atoms with Crippen molar-refractivity contribution in [3.05, 3.63) is 65.4 Å². The second-order valence-electron chi connectivity index (χ2n) is 6.23. The van der Waals surface area contributed by atoms with Crippen molar-refractivity contribution in [1.29, 1.82) is 0 Å². The van der Waals surface area contributed by atoms with Crippen LogP contribution in [-0.4, -0.2) is 20.6 Å². The molecule has 2 N–H and O–H groups in total. The molecule has 26 heavy (non-hydrogen) atoms. The smallest absolute Gasteiger partial charge is 0.251 e. The van der Waals surface area contributed by atoms with Gasteiger partial charge in [-0.1, -0.05) is 18.2 Å². The lowest BCUT2D eigenvalue weighted by molar-refractivity contribution is 0.0935. The predicted octanol–water partition coefficient (Wildman–Crippen LogP) is 3.60. The fourth-order valence-corrected chi connectivity index (χ4v) is 3.42. The Balaban J connectivity index is 1.75. The van der Waals surface area contributed by atoms with Gasteiger partial charge in [0.2, 0.25) is 10.0 Å². The van der Waals surface area contributed by atoms with Gasteiger partial charge in [0.05, 0.1) is 12.3 Å². The molecule has 0 aliphatic carbocycles. The van der Waals surface area contributed by atoms with Crippen LogP contribution in [0, 0.1) is 6.92 Å². The predicted molar refractivity (Wildman–Crippen MR) is 102 cm³/mol. The van der Waals surface area contributed by atoms with Crippen molar-refractivity contribution in [2.24, 2.45) is 0 Å². The van der Waals surface area contributed by atoms with Crippen molar-refractivity contribution in [2.45, 2.75) is 19.9 Å². The van der Waals surface area contributed by atoms with Gasteiger partial charge in [0.1, 0.15) is 11.3 Å². The van der Waals surface area contributed by atoms with E-state index in [4.69, 9.17) is 4.42 Å². The minimum atomic E-state index is -3.35. The van der Waals surface area contributed by atoms with Crippen molar-refractivity contribution in [3.8, 4) is 0 Å². The van der Waals surface area contributed by atoms with E-state index >= 15 is 0 Å². The Kier molecular flexibility index (Phi) is 4.73. The van der Waals surface area contributed by atoms with Crippen LogP contribution in [-0.2, 0) is 10.0 Å². The zero-order valence-electron chi connectivity index (χ0n) is 14.7. The number of anilines is 1. The number of carbonyl (C=O) groups is 1. The van der Waals surface area contributed by atoms with E-state index in [1.54, 1.807) is 24.3 Å². The Morgan fingerprint density at radius 2 is 1.73 bits per heavy atom. The summed E-state index contributed by atoms with van der Waals surface area (Å²) in [6, 6.07) is 13.7. The standard InChI is InChI=1S/C19H20N2O4S/c1-12-16-6-4-5-7-17(16)25-18(12)13(2)20-19(22)14-8-10-15(11-9-14)21-26(3,23)24/h4-11,13,21H,1-3H3,(H,20,22)/t13-/m1/s1. The summed E-state index contributed by atoms with van der Waals surface area (Å²) in [7, 11) is -3.35. The first kappa shape index (κ1) is 18.0. The average Bonchev–Trinajstić information content (AvgIpc) is 2.91. The molecule has 0 saturated carbocycles. The Labute approximate surface area is 152 Å². The number of nitrogens with one attached hydrogen (secondary N) is 2. The van der Waals surface area contributed by atoms with Crippen LogP contribution < -0.4 is 10.0 Å². The molecule has 3 aromatic rings. The van der Waals surface area contributed by atoms with Gasteiger partial charge in [-0.3, -0.25) is 9.52 Å². The molecule has 1 atom stereocenters. The molecule has 0 aliphatic heterocycles. The first-order chi connectivity index (χ1) is 12.2. The first-order valence-corrected chi connectivity index (χ1v) is 10.0. The number of furan rings is 1. The number of rotatable bonds is 5. The van der Waals surface area contributed by atoms with Crippen LogP contribution in [0.15, 0.2) is 52.9 Å². The second-order valence-corrected chi connectivity index (χ2v) is 7.98. The van der Waals surface area contributed by atoms with E-state index in [2.05, 4.69) is 10.0 Å². The SMILES string of the molecule is Cc1c([C@@H](C)NC(=O)c2ccc(NS(C)(=O)=O)cc2)oc2ccccc12. The average molecular weight is 372 g/mol. The number of sulfonamides is 1. The molecule has 136 valence electrons. The lowest BCUT2D eigenvalue weighted by Crippen LogP contribution is -2.26. The molecule has 7 heteroatoms. The quantitative estimate of drug-likeness (QED) is 0.716. The maximum Gasteiger partial charge on any atom is 0.251 e. The molecular formula is C19H20N2O4S. The van der Waals surface area contributed by atoms with E-state index in [1.807, 2.05) is 38.1 Å². The Bertz CT molecular complexity index is 1050. The van der Waals surface area contributed by atoms with Crippen molar-refractivity contribution in [1.82, 2.24) is 5.32 Å². The van der Waals surface area contributed by atoms with Gasteiger partial charge in [0.25, 0.3) is 5.91 Å². The van der Waals surface area contributed by atoms with Crippen LogP contribution in [0.2, 0.25) is 0 Å². The highest BCUT2D eigenvalue weighted by Crippen LogP contribution is 2.29. The minimum Gasteiger partial charge on any atom is -0.459 e. The summed E-state index contributed by atoms with van der Waals surface area (Å²) in [5.74, 6) is 0.457. The molecular weight excluding hydrogens is 352 g/mol. The largest absolute Gasteiger partial charge is 0.459 e. The summed E-state index contributed by atoms with van der Waals surface area (Å²) in [6.07, 6.45) is 1.07. The Hall–Kier alpha value is -2.80. The summed E-state index contributed by atoms with van der Waals surface area (Å²) in [5, 5.41) is 3.94. The third-order valence-electron chi connectivity index (χ3n) is 4.07.